The lowest BCUT2D eigenvalue weighted by molar-refractivity contribution is -0.114. The predicted octanol–water partition coefficient (Wildman–Crippen LogP) is 4.09. The number of unbranched alkanes of at least 4 members (excludes halogenated alkanes) is 2. The second-order valence-corrected chi connectivity index (χ2v) is 5.71. The van der Waals surface area contributed by atoms with Gasteiger partial charge in [0.05, 0.1) is 0 Å². The SMILES string of the molecule is CCCCCNc1cc(Nc2cccc(NC(C)=O)c2)nc(C)n1. The van der Waals surface area contributed by atoms with Crippen molar-refractivity contribution < 1.29 is 4.79 Å². The molecule has 6 heteroatoms. The van der Waals surface area contributed by atoms with E-state index in [1.54, 1.807) is 0 Å². The number of nitrogens with zero attached hydrogens (tertiary/aromatic N) is 2. The van der Waals surface area contributed by atoms with Gasteiger partial charge in [0.25, 0.3) is 0 Å². The molecule has 2 aromatic rings. The van der Waals surface area contributed by atoms with Crippen molar-refractivity contribution in [2.75, 3.05) is 22.5 Å². The molecule has 0 saturated carbocycles. The molecular formula is C18H25N5O. The fourth-order valence-electron chi connectivity index (χ4n) is 2.34. The number of anilines is 4. The molecule has 0 atom stereocenters. The Bertz CT molecular complexity index is 687. The Morgan fingerprint density at radius 3 is 2.58 bits per heavy atom. The van der Waals surface area contributed by atoms with E-state index in [1.165, 1.54) is 19.8 Å². The molecular weight excluding hydrogens is 302 g/mol. The Hall–Kier alpha value is -2.63. The van der Waals surface area contributed by atoms with Crippen molar-refractivity contribution in [3.05, 3.63) is 36.2 Å². The maximum atomic E-state index is 11.2. The minimum absolute atomic E-state index is 0.0939. The van der Waals surface area contributed by atoms with Crippen LogP contribution in [0.1, 0.15) is 38.9 Å². The second-order valence-electron chi connectivity index (χ2n) is 5.71. The minimum Gasteiger partial charge on any atom is -0.370 e. The highest BCUT2D eigenvalue weighted by Crippen LogP contribution is 2.20. The van der Waals surface area contributed by atoms with Gasteiger partial charge >= 0.3 is 0 Å². The largest absolute Gasteiger partial charge is 0.370 e. The Morgan fingerprint density at radius 2 is 1.83 bits per heavy atom. The Balaban J connectivity index is 2.06. The standard InChI is InChI=1S/C18H25N5O/c1-4-5-6-10-19-17-12-18(21-13(2)20-17)23-16-9-7-8-15(11-16)22-14(3)24/h7-9,11-12H,4-6,10H2,1-3H3,(H,22,24)(H2,19,20,21,23). The number of rotatable bonds is 8. The number of aryl methyl sites for hydroxylation is 1. The van der Waals surface area contributed by atoms with Gasteiger partial charge in [-0.05, 0) is 31.5 Å². The monoisotopic (exact) mass is 327 g/mol. The number of carbonyl (C=O) groups is 1. The Kier molecular flexibility index (Phi) is 6.54. The van der Waals surface area contributed by atoms with Crippen LogP contribution in [0.25, 0.3) is 0 Å². The molecule has 1 aromatic heterocycles. The summed E-state index contributed by atoms with van der Waals surface area (Å²) in [5, 5.41) is 9.36. The van der Waals surface area contributed by atoms with Crippen LogP contribution in [-0.4, -0.2) is 22.4 Å². The average Bonchev–Trinajstić information content (AvgIpc) is 2.51. The summed E-state index contributed by atoms with van der Waals surface area (Å²) in [5.74, 6) is 2.15. The number of amides is 1. The van der Waals surface area contributed by atoms with Crippen molar-refractivity contribution in [3.8, 4) is 0 Å². The third kappa shape index (κ3) is 5.87. The molecule has 0 aliphatic carbocycles. The molecule has 0 saturated heterocycles. The molecule has 0 aliphatic heterocycles. The van der Waals surface area contributed by atoms with Crippen LogP contribution < -0.4 is 16.0 Å². The van der Waals surface area contributed by atoms with Crippen LogP contribution in [0.5, 0.6) is 0 Å². The van der Waals surface area contributed by atoms with Crippen LogP contribution in [-0.2, 0) is 4.79 Å². The third-order valence-corrected chi connectivity index (χ3v) is 3.38. The number of carbonyl (C=O) groups excluding carboxylic acids is 1. The molecule has 128 valence electrons. The maximum Gasteiger partial charge on any atom is 0.221 e. The smallest absolute Gasteiger partial charge is 0.221 e. The first-order valence-corrected chi connectivity index (χ1v) is 8.31. The van der Waals surface area contributed by atoms with Gasteiger partial charge in [-0.15, -0.1) is 0 Å². The number of nitrogens with one attached hydrogen (secondary N) is 3. The molecule has 3 N–H and O–H groups in total. The molecule has 0 fully saturated rings. The van der Waals surface area contributed by atoms with Crippen LogP contribution in [0.4, 0.5) is 23.0 Å². The normalized spacial score (nSPS) is 10.3. The molecule has 0 bridgehead atoms. The van der Waals surface area contributed by atoms with E-state index in [0.717, 1.165) is 36.0 Å². The first-order chi connectivity index (χ1) is 11.6. The zero-order valence-electron chi connectivity index (χ0n) is 14.5. The van der Waals surface area contributed by atoms with Crippen LogP contribution in [0.15, 0.2) is 30.3 Å². The van der Waals surface area contributed by atoms with Gasteiger partial charge < -0.3 is 16.0 Å². The zero-order valence-corrected chi connectivity index (χ0v) is 14.5. The fraction of sp³-hybridized carbons (Fsp3) is 0.389. The van der Waals surface area contributed by atoms with Crippen LogP contribution in [0.3, 0.4) is 0 Å². The summed E-state index contributed by atoms with van der Waals surface area (Å²) in [6.45, 7) is 6.45. The highest BCUT2D eigenvalue weighted by atomic mass is 16.1. The molecule has 1 heterocycles. The topological polar surface area (TPSA) is 78.9 Å². The van der Waals surface area contributed by atoms with E-state index in [4.69, 9.17) is 0 Å². The summed E-state index contributed by atoms with van der Waals surface area (Å²) in [7, 11) is 0. The van der Waals surface area contributed by atoms with Crippen molar-refractivity contribution in [2.45, 2.75) is 40.0 Å². The van der Waals surface area contributed by atoms with E-state index in [2.05, 4.69) is 32.8 Å². The molecule has 1 amide bonds. The molecule has 24 heavy (non-hydrogen) atoms. The lowest BCUT2D eigenvalue weighted by atomic mass is 10.2. The van der Waals surface area contributed by atoms with Crippen molar-refractivity contribution in [1.82, 2.24) is 9.97 Å². The second kappa shape index (κ2) is 8.86. The highest BCUT2D eigenvalue weighted by Gasteiger charge is 2.04. The number of hydrogen-bond donors (Lipinski definition) is 3. The molecule has 2 rings (SSSR count). The molecule has 0 radical (unpaired) electrons. The van der Waals surface area contributed by atoms with Crippen LogP contribution >= 0.6 is 0 Å². The summed E-state index contributed by atoms with van der Waals surface area (Å²) in [6.07, 6.45) is 3.53. The van der Waals surface area contributed by atoms with Gasteiger partial charge in [-0.3, -0.25) is 4.79 Å². The minimum atomic E-state index is -0.0939. The molecule has 6 nitrogen and oxygen atoms in total. The van der Waals surface area contributed by atoms with Crippen molar-refractivity contribution in [3.63, 3.8) is 0 Å². The van der Waals surface area contributed by atoms with Crippen LogP contribution in [0, 0.1) is 6.92 Å². The predicted molar refractivity (Wildman–Crippen MR) is 98.8 cm³/mol. The summed E-state index contributed by atoms with van der Waals surface area (Å²) < 4.78 is 0. The molecule has 1 aromatic carbocycles. The molecule has 0 aliphatic rings. The van der Waals surface area contributed by atoms with E-state index in [1.807, 2.05) is 37.3 Å². The third-order valence-electron chi connectivity index (χ3n) is 3.38. The van der Waals surface area contributed by atoms with Gasteiger partial charge in [-0.1, -0.05) is 25.8 Å². The number of benzene rings is 1. The maximum absolute atomic E-state index is 11.2. The van der Waals surface area contributed by atoms with E-state index >= 15 is 0 Å². The van der Waals surface area contributed by atoms with E-state index in [0.29, 0.717) is 5.82 Å². The Labute approximate surface area is 143 Å². The fourth-order valence-corrected chi connectivity index (χ4v) is 2.34. The summed E-state index contributed by atoms with van der Waals surface area (Å²) >= 11 is 0. The number of hydrogen-bond acceptors (Lipinski definition) is 5. The number of aromatic nitrogens is 2. The summed E-state index contributed by atoms with van der Waals surface area (Å²) in [6, 6.07) is 9.42. The van der Waals surface area contributed by atoms with E-state index in [-0.39, 0.29) is 5.91 Å². The van der Waals surface area contributed by atoms with Crippen molar-refractivity contribution in [2.24, 2.45) is 0 Å². The van der Waals surface area contributed by atoms with Gasteiger partial charge in [0, 0.05) is 30.9 Å². The van der Waals surface area contributed by atoms with E-state index < -0.39 is 0 Å². The van der Waals surface area contributed by atoms with Crippen molar-refractivity contribution >= 4 is 28.9 Å². The van der Waals surface area contributed by atoms with Gasteiger partial charge in [0.15, 0.2) is 0 Å². The van der Waals surface area contributed by atoms with E-state index in [9.17, 15) is 4.79 Å². The lowest BCUT2D eigenvalue weighted by Crippen LogP contribution is -2.07. The summed E-state index contributed by atoms with van der Waals surface area (Å²) in [4.78, 5) is 20.0. The van der Waals surface area contributed by atoms with Crippen molar-refractivity contribution in [1.29, 1.82) is 0 Å². The lowest BCUT2D eigenvalue weighted by Gasteiger charge is -2.11. The summed E-state index contributed by atoms with van der Waals surface area (Å²) in [5.41, 5.74) is 1.60. The Morgan fingerprint density at radius 1 is 1.08 bits per heavy atom. The average molecular weight is 327 g/mol. The highest BCUT2D eigenvalue weighted by molar-refractivity contribution is 5.89. The van der Waals surface area contributed by atoms with Gasteiger partial charge in [0.2, 0.25) is 5.91 Å². The first kappa shape index (κ1) is 17.7. The van der Waals surface area contributed by atoms with Crippen LogP contribution in [0.2, 0.25) is 0 Å². The van der Waals surface area contributed by atoms with Gasteiger partial charge in [-0.2, -0.15) is 0 Å². The quantitative estimate of drug-likeness (QED) is 0.636. The molecule has 0 spiro atoms. The van der Waals surface area contributed by atoms with Gasteiger partial charge in [-0.25, -0.2) is 9.97 Å². The first-order valence-electron chi connectivity index (χ1n) is 8.31. The zero-order chi connectivity index (χ0) is 17.4. The molecule has 0 unspecified atom stereocenters. The van der Waals surface area contributed by atoms with Gasteiger partial charge in [0.1, 0.15) is 17.5 Å².